The summed E-state index contributed by atoms with van der Waals surface area (Å²) < 4.78 is 13.2. The Balaban J connectivity index is 2.31. The van der Waals surface area contributed by atoms with Crippen molar-refractivity contribution in [3.05, 3.63) is 45.7 Å². The normalized spacial score (nSPS) is 10.5. The van der Waals surface area contributed by atoms with Crippen LogP contribution in [0.1, 0.15) is 27.9 Å². The second kappa shape index (κ2) is 5.48. The molecule has 0 unspecified atom stereocenters. The Kier molecular flexibility index (Phi) is 3.95. The van der Waals surface area contributed by atoms with Gasteiger partial charge in [-0.05, 0) is 32.0 Å². The quantitative estimate of drug-likeness (QED) is 0.803. The van der Waals surface area contributed by atoms with Crippen LogP contribution in [0.15, 0.2) is 23.7 Å². The van der Waals surface area contributed by atoms with E-state index in [4.69, 9.17) is 0 Å². The molecule has 0 aliphatic carbocycles. The Morgan fingerprint density at radius 3 is 2.79 bits per heavy atom. The van der Waals surface area contributed by atoms with Crippen molar-refractivity contribution < 1.29 is 9.18 Å². The molecule has 3 nitrogen and oxygen atoms in total. The number of nitrogens with zero attached hydrogens (tertiary/aromatic N) is 2. The predicted octanol–water partition coefficient (Wildman–Crippen LogP) is 3.43. The lowest BCUT2D eigenvalue weighted by molar-refractivity contribution is 0.101. The fourth-order valence-corrected chi connectivity index (χ4v) is 2.73. The van der Waals surface area contributed by atoms with E-state index in [9.17, 15) is 9.18 Å². The molecule has 1 aromatic carbocycles. The van der Waals surface area contributed by atoms with Crippen LogP contribution in [0, 0.1) is 12.7 Å². The molecule has 0 N–H and O–H groups in total. The Morgan fingerprint density at radius 1 is 1.47 bits per heavy atom. The molecule has 0 radical (unpaired) electrons. The molecule has 100 valence electrons. The topological polar surface area (TPSA) is 33.2 Å². The van der Waals surface area contributed by atoms with E-state index in [0.29, 0.717) is 12.1 Å². The zero-order chi connectivity index (χ0) is 14.0. The largest absolute Gasteiger partial charge is 0.369 e. The summed E-state index contributed by atoms with van der Waals surface area (Å²) >= 11 is 1.58. The van der Waals surface area contributed by atoms with Gasteiger partial charge in [0, 0.05) is 23.2 Å². The summed E-state index contributed by atoms with van der Waals surface area (Å²) in [6, 6.07) is 4.30. The van der Waals surface area contributed by atoms with Gasteiger partial charge in [0.1, 0.15) is 5.82 Å². The number of benzene rings is 1. The van der Waals surface area contributed by atoms with Crippen molar-refractivity contribution >= 4 is 22.8 Å². The van der Waals surface area contributed by atoms with E-state index in [0.717, 1.165) is 16.3 Å². The maximum atomic E-state index is 13.2. The zero-order valence-corrected chi connectivity index (χ0v) is 11.9. The molecule has 1 heterocycles. The van der Waals surface area contributed by atoms with Crippen molar-refractivity contribution in [2.45, 2.75) is 20.4 Å². The third kappa shape index (κ3) is 2.98. The fourth-order valence-electron chi connectivity index (χ4n) is 1.90. The SMILES string of the molecule is CC(=O)c1cc(F)ccc1N(C)Cc1scnc1C. The average molecular weight is 278 g/mol. The molecule has 1 aromatic heterocycles. The van der Waals surface area contributed by atoms with Gasteiger partial charge in [-0.15, -0.1) is 11.3 Å². The number of rotatable bonds is 4. The number of halogens is 1. The molecule has 0 spiro atoms. The summed E-state index contributed by atoms with van der Waals surface area (Å²) in [6.45, 7) is 4.06. The van der Waals surface area contributed by atoms with Crippen molar-refractivity contribution in [2.24, 2.45) is 0 Å². The summed E-state index contributed by atoms with van der Waals surface area (Å²) in [5, 5.41) is 0. The summed E-state index contributed by atoms with van der Waals surface area (Å²) in [5.41, 5.74) is 3.93. The van der Waals surface area contributed by atoms with E-state index in [1.807, 2.05) is 18.9 Å². The van der Waals surface area contributed by atoms with Gasteiger partial charge in [-0.25, -0.2) is 9.37 Å². The van der Waals surface area contributed by atoms with Crippen LogP contribution in [0.25, 0.3) is 0 Å². The molecule has 2 aromatic rings. The van der Waals surface area contributed by atoms with Gasteiger partial charge in [-0.2, -0.15) is 0 Å². The molecular formula is C14H15FN2OS. The Morgan fingerprint density at radius 2 is 2.21 bits per heavy atom. The highest BCUT2D eigenvalue weighted by Gasteiger charge is 2.14. The molecular weight excluding hydrogens is 263 g/mol. The van der Waals surface area contributed by atoms with E-state index >= 15 is 0 Å². The van der Waals surface area contributed by atoms with Crippen LogP contribution in [0.3, 0.4) is 0 Å². The van der Waals surface area contributed by atoms with E-state index in [-0.39, 0.29) is 5.78 Å². The molecule has 0 atom stereocenters. The molecule has 0 aliphatic heterocycles. The van der Waals surface area contributed by atoms with Gasteiger partial charge < -0.3 is 4.90 Å². The van der Waals surface area contributed by atoms with Crippen molar-refractivity contribution in [3.8, 4) is 0 Å². The van der Waals surface area contributed by atoms with Gasteiger partial charge in [0.15, 0.2) is 5.78 Å². The average Bonchev–Trinajstić information content (AvgIpc) is 2.74. The van der Waals surface area contributed by atoms with E-state index in [1.54, 1.807) is 22.9 Å². The van der Waals surface area contributed by atoms with Crippen LogP contribution < -0.4 is 4.90 Å². The molecule has 0 saturated heterocycles. The summed E-state index contributed by atoms with van der Waals surface area (Å²) in [4.78, 5) is 18.9. The Labute approximate surface area is 115 Å². The maximum Gasteiger partial charge on any atom is 0.161 e. The minimum absolute atomic E-state index is 0.137. The number of aryl methyl sites for hydroxylation is 1. The van der Waals surface area contributed by atoms with Crippen molar-refractivity contribution in [1.29, 1.82) is 0 Å². The number of anilines is 1. The van der Waals surface area contributed by atoms with E-state index in [2.05, 4.69) is 4.98 Å². The summed E-state index contributed by atoms with van der Waals surface area (Å²) in [7, 11) is 1.89. The standard InChI is InChI=1S/C14H15FN2OS/c1-9-14(19-8-16-9)7-17(3)13-5-4-11(15)6-12(13)10(2)18/h4-6,8H,7H2,1-3H3. The molecule has 0 amide bonds. The second-order valence-electron chi connectivity index (χ2n) is 4.43. The van der Waals surface area contributed by atoms with Crippen LogP contribution in [-0.4, -0.2) is 17.8 Å². The highest BCUT2D eigenvalue weighted by atomic mass is 32.1. The number of hydrogen-bond donors (Lipinski definition) is 0. The number of aromatic nitrogens is 1. The third-order valence-electron chi connectivity index (χ3n) is 2.97. The molecule has 0 fully saturated rings. The first kappa shape index (κ1) is 13.7. The highest BCUT2D eigenvalue weighted by Crippen LogP contribution is 2.24. The maximum absolute atomic E-state index is 13.2. The van der Waals surface area contributed by atoms with Crippen LogP contribution in [0.5, 0.6) is 0 Å². The molecule has 0 saturated carbocycles. The third-order valence-corrected chi connectivity index (χ3v) is 3.89. The smallest absolute Gasteiger partial charge is 0.161 e. The van der Waals surface area contributed by atoms with Gasteiger partial charge in [0.05, 0.1) is 17.7 Å². The number of ketones is 1. The van der Waals surface area contributed by atoms with Crippen molar-refractivity contribution in [2.75, 3.05) is 11.9 Å². The Hall–Kier alpha value is -1.75. The lowest BCUT2D eigenvalue weighted by atomic mass is 10.1. The lowest BCUT2D eigenvalue weighted by Crippen LogP contribution is -2.19. The molecule has 2 rings (SSSR count). The van der Waals surface area contributed by atoms with Crippen molar-refractivity contribution in [1.82, 2.24) is 4.98 Å². The van der Waals surface area contributed by atoms with Crippen LogP contribution >= 0.6 is 11.3 Å². The summed E-state index contributed by atoms with van der Waals surface area (Å²) in [5.74, 6) is -0.529. The molecule has 5 heteroatoms. The van der Waals surface area contributed by atoms with Gasteiger partial charge in [0.25, 0.3) is 0 Å². The Bertz CT molecular complexity index is 609. The van der Waals surface area contributed by atoms with Crippen LogP contribution in [-0.2, 0) is 6.54 Å². The van der Waals surface area contributed by atoms with Crippen molar-refractivity contribution in [3.63, 3.8) is 0 Å². The molecule has 0 aliphatic rings. The van der Waals surface area contributed by atoms with Gasteiger partial charge >= 0.3 is 0 Å². The fraction of sp³-hybridized carbons (Fsp3) is 0.286. The molecule has 19 heavy (non-hydrogen) atoms. The number of carbonyl (C=O) groups excluding carboxylic acids is 1. The van der Waals surface area contributed by atoms with Gasteiger partial charge in [-0.3, -0.25) is 4.79 Å². The first-order valence-corrected chi connectivity index (χ1v) is 6.77. The highest BCUT2D eigenvalue weighted by molar-refractivity contribution is 7.09. The van der Waals surface area contributed by atoms with Crippen LogP contribution in [0.4, 0.5) is 10.1 Å². The number of carbonyl (C=O) groups is 1. The monoisotopic (exact) mass is 278 g/mol. The number of hydrogen-bond acceptors (Lipinski definition) is 4. The van der Waals surface area contributed by atoms with E-state index < -0.39 is 5.82 Å². The zero-order valence-electron chi connectivity index (χ0n) is 11.1. The first-order chi connectivity index (χ1) is 8.99. The van der Waals surface area contributed by atoms with Gasteiger partial charge in [-0.1, -0.05) is 0 Å². The minimum atomic E-state index is -0.392. The second-order valence-corrected chi connectivity index (χ2v) is 5.37. The predicted molar refractivity (Wildman–Crippen MR) is 75.4 cm³/mol. The summed E-state index contributed by atoms with van der Waals surface area (Å²) in [6.07, 6.45) is 0. The minimum Gasteiger partial charge on any atom is -0.369 e. The number of Topliss-reactive ketones (excluding diaryl/α,β-unsaturated/α-hetero) is 1. The van der Waals surface area contributed by atoms with Gasteiger partial charge in [0.2, 0.25) is 0 Å². The number of thiazole rings is 1. The van der Waals surface area contributed by atoms with E-state index in [1.165, 1.54) is 19.1 Å². The lowest BCUT2D eigenvalue weighted by Gasteiger charge is -2.21. The molecule has 0 bridgehead atoms. The van der Waals surface area contributed by atoms with Crippen LogP contribution in [0.2, 0.25) is 0 Å². The first-order valence-electron chi connectivity index (χ1n) is 5.89.